The fraction of sp³-hybridized carbons (Fsp3) is 0.188. The van der Waals surface area contributed by atoms with E-state index in [1.165, 1.54) is 18.2 Å². The highest BCUT2D eigenvalue weighted by Crippen LogP contribution is 2.19. The van der Waals surface area contributed by atoms with E-state index in [1.54, 1.807) is 18.2 Å². The molecule has 1 amide bonds. The van der Waals surface area contributed by atoms with Crippen LogP contribution in [0.1, 0.15) is 21.5 Å². The maximum atomic E-state index is 13.0. The lowest BCUT2D eigenvalue weighted by Gasteiger charge is -2.09. The zero-order chi connectivity index (χ0) is 15.4. The van der Waals surface area contributed by atoms with Crippen LogP contribution in [0.15, 0.2) is 36.4 Å². The molecule has 0 unspecified atom stereocenters. The highest BCUT2D eigenvalue weighted by atomic mass is 127. The molecule has 0 aliphatic heterocycles. The molecule has 0 aliphatic rings. The number of carbonyl (C=O) groups is 1. The predicted octanol–water partition coefficient (Wildman–Crippen LogP) is 3.42. The van der Waals surface area contributed by atoms with Crippen LogP contribution in [0.5, 0.6) is 5.75 Å². The van der Waals surface area contributed by atoms with E-state index in [4.69, 9.17) is 0 Å². The Hall–Kier alpha value is -1.63. The van der Waals surface area contributed by atoms with Gasteiger partial charge in [0, 0.05) is 10.1 Å². The van der Waals surface area contributed by atoms with Gasteiger partial charge in [0.2, 0.25) is 0 Å². The lowest BCUT2D eigenvalue weighted by Crippen LogP contribution is -2.26. The fourth-order valence-corrected chi connectivity index (χ4v) is 2.53. The van der Waals surface area contributed by atoms with Crippen LogP contribution >= 0.6 is 22.6 Å². The number of amides is 1. The van der Waals surface area contributed by atoms with Gasteiger partial charge >= 0.3 is 0 Å². The van der Waals surface area contributed by atoms with Gasteiger partial charge in [-0.2, -0.15) is 0 Å². The third-order valence-electron chi connectivity index (χ3n) is 3.19. The number of hydrogen-bond donors (Lipinski definition) is 2. The van der Waals surface area contributed by atoms with Crippen molar-refractivity contribution >= 4 is 28.5 Å². The summed E-state index contributed by atoms with van der Waals surface area (Å²) in [5.41, 5.74) is 2.11. The van der Waals surface area contributed by atoms with Crippen LogP contribution in [0.3, 0.4) is 0 Å². The van der Waals surface area contributed by atoms with Crippen LogP contribution in [0.2, 0.25) is 0 Å². The Labute approximate surface area is 136 Å². The van der Waals surface area contributed by atoms with Crippen LogP contribution < -0.4 is 5.32 Å². The molecule has 2 rings (SSSR count). The highest BCUT2D eigenvalue weighted by Gasteiger charge is 2.11. The molecule has 21 heavy (non-hydrogen) atoms. The summed E-state index contributed by atoms with van der Waals surface area (Å²) < 4.78 is 13.9. The standard InChI is InChI=1S/C16H15FINO2/c1-10-8-12(17)3-2-11(10)6-7-19-16(21)14-9-13(18)4-5-15(14)20/h2-5,8-9,20H,6-7H2,1H3,(H,19,21). The minimum Gasteiger partial charge on any atom is -0.507 e. The van der Waals surface area contributed by atoms with Gasteiger partial charge in [0.05, 0.1) is 5.56 Å². The second-order valence-electron chi connectivity index (χ2n) is 4.74. The van der Waals surface area contributed by atoms with Crippen molar-refractivity contribution in [1.82, 2.24) is 5.32 Å². The number of halogens is 2. The second kappa shape index (κ2) is 6.89. The predicted molar refractivity (Wildman–Crippen MR) is 88.0 cm³/mol. The van der Waals surface area contributed by atoms with Gasteiger partial charge in [0.1, 0.15) is 11.6 Å². The fourth-order valence-electron chi connectivity index (χ4n) is 2.04. The van der Waals surface area contributed by atoms with Crippen molar-refractivity contribution < 1.29 is 14.3 Å². The molecule has 2 aromatic rings. The number of aromatic hydroxyl groups is 1. The first-order valence-corrected chi connectivity index (χ1v) is 7.57. The third kappa shape index (κ3) is 4.17. The molecule has 2 aromatic carbocycles. The van der Waals surface area contributed by atoms with Crippen LogP contribution in [0.25, 0.3) is 0 Å². The number of phenols is 1. The number of phenolic OH excluding ortho intramolecular Hbond substituents is 1. The molecule has 0 aliphatic carbocycles. The number of benzene rings is 2. The molecule has 0 aromatic heterocycles. The van der Waals surface area contributed by atoms with Gasteiger partial charge in [-0.1, -0.05) is 6.07 Å². The quantitative estimate of drug-likeness (QED) is 0.775. The molecule has 0 saturated heterocycles. The van der Waals surface area contributed by atoms with E-state index in [0.717, 1.165) is 14.7 Å². The molecule has 2 N–H and O–H groups in total. The van der Waals surface area contributed by atoms with Crippen molar-refractivity contribution in [3.8, 4) is 5.75 Å². The van der Waals surface area contributed by atoms with Crippen LogP contribution in [0.4, 0.5) is 4.39 Å². The van der Waals surface area contributed by atoms with Crippen molar-refractivity contribution in [2.75, 3.05) is 6.54 Å². The van der Waals surface area contributed by atoms with Crippen molar-refractivity contribution in [2.24, 2.45) is 0 Å². The summed E-state index contributed by atoms with van der Waals surface area (Å²) in [7, 11) is 0. The first kappa shape index (κ1) is 15.8. The average Bonchev–Trinajstić information content (AvgIpc) is 2.43. The minimum absolute atomic E-state index is 0.0362. The van der Waals surface area contributed by atoms with E-state index >= 15 is 0 Å². The number of carbonyl (C=O) groups excluding carboxylic acids is 1. The van der Waals surface area contributed by atoms with Gasteiger partial charge in [-0.05, 0) is 77.4 Å². The van der Waals surface area contributed by atoms with Crippen molar-refractivity contribution in [1.29, 1.82) is 0 Å². The highest BCUT2D eigenvalue weighted by molar-refractivity contribution is 14.1. The Kier molecular flexibility index (Phi) is 5.17. The first-order valence-electron chi connectivity index (χ1n) is 6.49. The van der Waals surface area contributed by atoms with Crippen molar-refractivity contribution in [2.45, 2.75) is 13.3 Å². The third-order valence-corrected chi connectivity index (χ3v) is 3.86. The Morgan fingerprint density at radius 2 is 2.05 bits per heavy atom. The Morgan fingerprint density at radius 1 is 1.29 bits per heavy atom. The molecule has 0 heterocycles. The summed E-state index contributed by atoms with van der Waals surface area (Å²) >= 11 is 2.08. The Bertz CT molecular complexity index is 673. The number of aryl methyl sites for hydroxylation is 1. The van der Waals surface area contributed by atoms with Gasteiger partial charge in [-0.25, -0.2) is 4.39 Å². The van der Waals surface area contributed by atoms with E-state index in [0.29, 0.717) is 13.0 Å². The minimum atomic E-state index is -0.314. The van der Waals surface area contributed by atoms with Gasteiger partial charge in [0.25, 0.3) is 5.91 Å². The molecule has 0 spiro atoms. The molecule has 3 nitrogen and oxygen atoms in total. The molecule has 0 radical (unpaired) electrons. The van der Waals surface area contributed by atoms with Gasteiger partial charge in [-0.15, -0.1) is 0 Å². The molecular weight excluding hydrogens is 384 g/mol. The van der Waals surface area contributed by atoms with E-state index in [2.05, 4.69) is 27.9 Å². The largest absolute Gasteiger partial charge is 0.507 e. The monoisotopic (exact) mass is 399 g/mol. The Balaban J connectivity index is 1.97. The maximum absolute atomic E-state index is 13.0. The summed E-state index contributed by atoms with van der Waals surface area (Å²) in [6.07, 6.45) is 0.614. The second-order valence-corrected chi connectivity index (χ2v) is 5.98. The van der Waals surface area contributed by atoms with Crippen molar-refractivity contribution in [3.05, 3.63) is 62.5 Å². The smallest absolute Gasteiger partial charge is 0.255 e. The first-order chi connectivity index (χ1) is 9.97. The summed E-state index contributed by atoms with van der Waals surface area (Å²) in [6.45, 7) is 2.27. The summed E-state index contributed by atoms with van der Waals surface area (Å²) in [6, 6.07) is 9.47. The molecule has 5 heteroatoms. The lowest BCUT2D eigenvalue weighted by atomic mass is 10.1. The summed E-state index contributed by atoms with van der Waals surface area (Å²) in [5.74, 6) is -0.610. The normalized spacial score (nSPS) is 10.4. The van der Waals surface area contributed by atoms with Crippen LogP contribution in [-0.2, 0) is 6.42 Å². The van der Waals surface area contributed by atoms with E-state index in [1.807, 2.05) is 6.92 Å². The lowest BCUT2D eigenvalue weighted by molar-refractivity contribution is 0.0951. The zero-order valence-corrected chi connectivity index (χ0v) is 13.6. The maximum Gasteiger partial charge on any atom is 0.255 e. The topological polar surface area (TPSA) is 49.3 Å². The summed E-state index contributed by atoms with van der Waals surface area (Å²) in [5, 5.41) is 12.5. The number of nitrogens with one attached hydrogen (secondary N) is 1. The molecule has 0 fully saturated rings. The molecule has 0 saturated carbocycles. The van der Waals surface area contributed by atoms with Gasteiger partial charge in [-0.3, -0.25) is 4.79 Å². The average molecular weight is 399 g/mol. The van der Waals surface area contributed by atoms with Gasteiger partial charge < -0.3 is 10.4 Å². The van der Waals surface area contributed by atoms with E-state index in [9.17, 15) is 14.3 Å². The summed E-state index contributed by atoms with van der Waals surface area (Å²) in [4.78, 5) is 12.0. The van der Waals surface area contributed by atoms with E-state index < -0.39 is 0 Å². The SMILES string of the molecule is Cc1cc(F)ccc1CCNC(=O)c1cc(I)ccc1O. The number of hydrogen-bond acceptors (Lipinski definition) is 2. The van der Waals surface area contributed by atoms with Gasteiger partial charge in [0.15, 0.2) is 0 Å². The Morgan fingerprint density at radius 3 is 2.76 bits per heavy atom. The zero-order valence-electron chi connectivity index (χ0n) is 11.5. The molecular formula is C16H15FINO2. The van der Waals surface area contributed by atoms with Crippen LogP contribution in [-0.4, -0.2) is 17.6 Å². The molecule has 0 bridgehead atoms. The molecule has 110 valence electrons. The van der Waals surface area contributed by atoms with E-state index in [-0.39, 0.29) is 23.0 Å². The molecule has 0 atom stereocenters. The van der Waals surface area contributed by atoms with Crippen molar-refractivity contribution in [3.63, 3.8) is 0 Å². The van der Waals surface area contributed by atoms with Crippen LogP contribution in [0, 0.1) is 16.3 Å². The number of rotatable bonds is 4.